The molecule has 1 aliphatic heterocycles. The Balaban J connectivity index is 2.36. The SMILES string of the molecule is [CH]NC1=COCO1. The molecular formula is C4H5NO2. The first kappa shape index (κ1) is 4.30. The van der Waals surface area contributed by atoms with Crippen LogP contribution in [0.25, 0.3) is 0 Å². The molecule has 3 nitrogen and oxygen atoms in total. The molecule has 0 aliphatic carbocycles. The van der Waals surface area contributed by atoms with E-state index in [1.807, 2.05) is 0 Å². The maximum absolute atomic E-state index is 4.91. The lowest BCUT2D eigenvalue weighted by molar-refractivity contribution is 0.0763. The van der Waals surface area contributed by atoms with Crippen LogP contribution in [0.15, 0.2) is 12.1 Å². The van der Waals surface area contributed by atoms with Crippen molar-refractivity contribution in [2.24, 2.45) is 0 Å². The molecule has 0 spiro atoms. The van der Waals surface area contributed by atoms with Crippen LogP contribution in [0.4, 0.5) is 0 Å². The molecule has 1 N–H and O–H groups in total. The second-order valence-electron chi connectivity index (χ2n) is 1.06. The van der Waals surface area contributed by atoms with Gasteiger partial charge in [-0.1, -0.05) is 0 Å². The summed E-state index contributed by atoms with van der Waals surface area (Å²) in [5.41, 5.74) is 0. The van der Waals surface area contributed by atoms with Gasteiger partial charge in [0.2, 0.25) is 12.7 Å². The van der Waals surface area contributed by atoms with Gasteiger partial charge in [-0.25, -0.2) is 0 Å². The van der Waals surface area contributed by atoms with Gasteiger partial charge in [-0.15, -0.1) is 0 Å². The third-order valence-electron chi connectivity index (χ3n) is 0.615. The monoisotopic (exact) mass is 99.0 g/mol. The van der Waals surface area contributed by atoms with Gasteiger partial charge >= 0.3 is 0 Å². The van der Waals surface area contributed by atoms with Crippen molar-refractivity contribution in [2.75, 3.05) is 6.79 Å². The molecule has 0 aromatic heterocycles. The van der Waals surface area contributed by atoms with Gasteiger partial charge in [0.05, 0.1) is 7.05 Å². The van der Waals surface area contributed by atoms with Crippen LogP contribution in [0.3, 0.4) is 0 Å². The Morgan fingerprint density at radius 2 is 2.71 bits per heavy atom. The molecule has 7 heavy (non-hydrogen) atoms. The molecule has 1 rings (SSSR count). The highest BCUT2D eigenvalue weighted by Crippen LogP contribution is 1.99. The van der Waals surface area contributed by atoms with Gasteiger partial charge < -0.3 is 14.8 Å². The molecule has 3 heteroatoms. The molecule has 1 heterocycles. The van der Waals surface area contributed by atoms with Gasteiger partial charge in [0.15, 0.2) is 0 Å². The number of hydrogen-bond donors (Lipinski definition) is 1. The van der Waals surface area contributed by atoms with E-state index >= 15 is 0 Å². The lowest BCUT2D eigenvalue weighted by Gasteiger charge is -1.93. The average molecular weight is 99.1 g/mol. The standard InChI is InChI=1S/C4H5NO2/c1-5-4-2-6-3-7-4/h1-2,5H,3H2. The summed E-state index contributed by atoms with van der Waals surface area (Å²) in [7, 11) is 4.91. The molecular weight excluding hydrogens is 94.0 g/mol. The topological polar surface area (TPSA) is 30.5 Å². The Labute approximate surface area is 41.9 Å². The molecule has 1 aliphatic rings. The molecule has 0 aromatic rings. The molecule has 0 atom stereocenters. The van der Waals surface area contributed by atoms with Crippen LogP contribution in [-0.4, -0.2) is 6.79 Å². The van der Waals surface area contributed by atoms with E-state index in [9.17, 15) is 0 Å². The van der Waals surface area contributed by atoms with Crippen molar-refractivity contribution in [1.82, 2.24) is 5.32 Å². The van der Waals surface area contributed by atoms with Crippen LogP contribution < -0.4 is 5.32 Å². The van der Waals surface area contributed by atoms with E-state index in [0.29, 0.717) is 5.88 Å². The molecule has 0 saturated heterocycles. The Morgan fingerprint density at radius 3 is 3.00 bits per heavy atom. The van der Waals surface area contributed by atoms with E-state index in [-0.39, 0.29) is 6.79 Å². The van der Waals surface area contributed by atoms with E-state index in [1.165, 1.54) is 6.26 Å². The van der Waals surface area contributed by atoms with Crippen molar-refractivity contribution < 1.29 is 9.47 Å². The second-order valence-corrected chi connectivity index (χ2v) is 1.06. The molecule has 0 aromatic carbocycles. The minimum absolute atomic E-state index is 0.263. The summed E-state index contributed by atoms with van der Waals surface area (Å²) in [6.45, 7) is 0.263. The first-order chi connectivity index (χ1) is 3.43. The van der Waals surface area contributed by atoms with E-state index in [2.05, 4.69) is 10.1 Å². The fourth-order valence-corrected chi connectivity index (χ4v) is 0.317. The van der Waals surface area contributed by atoms with Crippen LogP contribution >= 0.6 is 0 Å². The van der Waals surface area contributed by atoms with Crippen molar-refractivity contribution in [1.29, 1.82) is 0 Å². The zero-order chi connectivity index (χ0) is 5.11. The van der Waals surface area contributed by atoms with Crippen molar-refractivity contribution in [3.63, 3.8) is 0 Å². The molecule has 38 valence electrons. The van der Waals surface area contributed by atoms with Gasteiger partial charge in [0, 0.05) is 0 Å². The lowest BCUT2D eigenvalue weighted by atomic mass is 10.9. The third kappa shape index (κ3) is 0.765. The van der Waals surface area contributed by atoms with Crippen molar-refractivity contribution in [3.05, 3.63) is 19.2 Å². The van der Waals surface area contributed by atoms with E-state index in [1.54, 1.807) is 0 Å². The summed E-state index contributed by atoms with van der Waals surface area (Å²) in [5.74, 6) is 0.472. The predicted molar refractivity (Wildman–Crippen MR) is 22.6 cm³/mol. The van der Waals surface area contributed by atoms with Gasteiger partial charge in [-0.2, -0.15) is 0 Å². The maximum Gasteiger partial charge on any atom is 0.232 e. The van der Waals surface area contributed by atoms with Gasteiger partial charge in [0.1, 0.15) is 6.26 Å². The second kappa shape index (κ2) is 1.73. The van der Waals surface area contributed by atoms with Crippen LogP contribution in [0.5, 0.6) is 0 Å². The predicted octanol–water partition coefficient (Wildman–Crippen LogP) is 0.0478. The first-order valence-electron chi connectivity index (χ1n) is 1.84. The average Bonchev–Trinajstić information content (AvgIpc) is 2.14. The minimum Gasteiger partial charge on any atom is -0.459 e. The fraction of sp³-hybridized carbons (Fsp3) is 0.250. The molecule has 0 amide bonds. The van der Waals surface area contributed by atoms with Crippen LogP contribution in [-0.2, 0) is 9.47 Å². The summed E-state index contributed by atoms with van der Waals surface area (Å²) in [5, 5.41) is 2.28. The quantitative estimate of drug-likeness (QED) is 0.471. The summed E-state index contributed by atoms with van der Waals surface area (Å²) < 4.78 is 9.33. The highest BCUT2D eigenvalue weighted by atomic mass is 16.7. The highest BCUT2D eigenvalue weighted by Gasteiger charge is 1.99. The summed E-state index contributed by atoms with van der Waals surface area (Å²) in [4.78, 5) is 0. The Hall–Kier alpha value is -0.860. The summed E-state index contributed by atoms with van der Waals surface area (Å²) in [6, 6.07) is 0. The molecule has 0 fully saturated rings. The Kier molecular flexibility index (Phi) is 1.06. The number of hydrogen-bond acceptors (Lipinski definition) is 3. The normalized spacial score (nSPS) is 17.0. The smallest absolute Gasteiger partial charge is 0.232 e. The minimum atomic E-state index is 0.263. The number of ether oxygens (including phenoxy) is 2. The molecule has 2 radical (unpaired) electrons. The van der Waals surface area contributed by atoms with Gasteiger partial charge in [-0.05, 0) is 0 Å². The number of nitrogens with one attached hydrogen (secondary N) is 1. The third-order valence-corrected chi connectivity index (χ3v) is 0.615. The largest absolute Gasteiger partial charge is 0.459 e. The molecule has 0 unspecified atom stereocenters. The summed E-state index contributed by atoms with van der Waals surface area (Å²) in [6.07, 6.45) is 1.42. The van der Waals surface area contributed by atoms with E-state index < -0.39 is 0 Å². The van der Waals surface area contributed by atoms with Gasteiger partial charge in [-0.3, -0.25) is 0 Å². The van der Waals surface area contributed by atoms with Crippen LogP contribution in [0.1, 0.15) is 0 Å². The highest BCUT2D eigenvalue weighted by molar-refractivity contribution is 4.86. The lowest BCUT2D eigenvalue weighted by Crippen LogP contribution is -2.01. The van der Waals surface area contributed by atoms with E-state index in [4.69, 9.17) is 11.8 Å². The van der Waals surface area contributed by atoms with Crippen LogP contribution in [0, 0.1) is 7.05 Å². The van der Waals surface area contributed by atoms with Crippen molar-refractivity contribution in [3.8, 4) is 0 Å². The zero-order valence-electron chi connectivity index (χ0n) is 3.68. The fourth-order valence-electron chi connectivity index (χ4n) is 0.317. The molecule has 0 bridgehead atoms. The van der Waals surface area contributed by atoms with Gasteiger partial charge in [0.25, 0.3) is 0 Å². The summed E-state index contributed by atoms with van der Waals surface area (Å²) >= 11 is 0. The van der Waals surface area contributed by atoms with Crippen LogP contribution in [0.2, 0.25) is 0 Å². The zero-order valence-corrected chi connectivity index (χ0v) is 3.68. The van der Waals surface area contributed by atoms with Crippen molar-refractivity contribution >= 4 is 0 Å². The van der Waals surface area contributed by atoms with E-state index in [0.717, 1.165) is 0 Å². The van der Waals surface area contributed by atoms with Crippen molar-refractivity contribution in [2.45, 2.75) is 0 Å². The number of rotatable bonds is 1. The maximum atomic E-state index is 4.91. The Bertz CT molecular complexity index is 89.7. The molecule has 0 saturated carbocycles. The first-order valence-corrected chi connectivity index (χ1v) is 1.84. The Morgan fingerprint density at radius 1 is 1.86 bits per heavy atom.